The molecule has 0 aliphatic heterocycles. The molecule has 3 aliphatic rings. The van der Waals surface area contributed by atoms with Gasteiger partial charge in [-0.05, 0) is 36.0 Å². The van der Waals surface area contributed by atoms with Gasteiger partial charge in [0.15, 0.2) is 0 Å². The van der Waals surface area contributed by atoms with E-state index in [1.807, 2.05) is 0 Å². The summed E-state index contributed by atoms with van der Waals surface area (Å²) in [5, 5.41) is 9.61. The molecule has 0 saturated heterocycles. The van der Waals surface area contributed by atoms with Crippen molar-refractivity contribution in [3.8, 4) is 0 Å². The molecule has 0 aromatic carbocycles. The molecule has 1 heteroatoms. The highest BCUT2D eigenvalue weighted by atomic mass is 16.3. The van der Waals surface area contributed by atoms with Gasteiger partial charge in [-0.15, -0.1) is 0 Å². The lowest BCUT2D eigenvalue weighted by Crippen LogP contribution is -2.56. The number of hydrogen-bond acceptors (Lipinski definition) is 1. The van der Waals surface area contributed by atoms with Crippen LogP contribution in [0.2, 0.25) is 0 Å². The van der Waals surface area contributed by atoms with Gasteiger partial charge in [0.25, 0.3) is 0 Å². The molecule has 64 valence electrons. The van der Waals surface area contributed by atoms with Crippen LogP contribution in [0.5, 0.6) is 0 Å². The highest BCUT2D eigenvalue weighted by Gasteiger charge is 2.55. The summed E-state index contributed by atoms with van der Waals surface area (Å²) in [7, 11) is 0. The van der Waals surface area contributed by atoms with Gasteiger partial charge in [-0.3, -0.25) is 0 Å². The molecule has 0 aromatic heterocycles. The molecule has 0 spiro atoms. The van der Waals surface area contributed by atoms with E-state index in [9.17, 15) is 5.11 Å². The molecule has 1 N–H and O–H groups in total. The quantitative estimate of drug-likeness (QED) is 0.566. The molecule has 3 aliphatic carbocycles. The van der Waals surface area contributed by atoms with Crippen molar-refractivity contribution in [2.45, 2.75) is 39.7 Å². The molecule has 1 nitrogen and oxygen atoms in total. The standard InChI is InChI=1S/C10H18O/c1-6-8-4-7(5-9(6)11)10(8,2)3/h6-9,11H,4-5H2,1-3H3/t6-,7?,8?,9+/m0/s1. The van der Waals surface area contributed by atoms with E-state index in [4.69, 9.17) is 0 Å². The van der Waals surface area contributed by atoms with Gasteiger partial charge in [0, 0.05) is 0 Å². The summed E-state index contributed by atoms with van der Waals surface area (Å²) in [6.07, 6.45) is 2.40. The van der Waals surface area contributed by atoms with E-state index in [1.54, 1.807) is 0 Å². The maximum Gasteiger partial charge on any atom is 0.0571 e. The lowest BCUT2D eigenvalue weighted by Gasteiger charge is -2.61. The van der Waals surface area contributed by atoms with E-state index < -0.39 is 0 Å². The fourth-order valence-electron chi connectivity index (χ4n) is 3.12. The van der Waals surface area contributed by atoms with Crippen LogP contribution in [0.25, 0.3) is 0 Å². The summed E-state index contributed by atoms with van der Waals surface area (Å²) in [5.41, 5.74) is 0.526. The van der Waals surface area contributed by atoms with Crippen LogP contribution in [0.1, 0.15) is 33.6 Å². The Balaban J connectivity index is 2.17. The van der Waals surface area contributed by atoms with Gasteiger partial charge in [0.1, 0.15) is 0 Å². The van der Waals surface area contributed by atoms with Crippen molar-refractivity contribution in [2.75, 3.05) is 0 Å². The zero-order valence-electron chi connectivity index (χ0n) is 7.67. The van der Waals surface area contributed by atoms with Crippen molar-refractivity contribution in [3.63, 3.8) is 0 Å². The zero-order valence-corrected chi connectivity index (χ0v) is 7.67. The van der Waals surface area contributed by atoms with Crippen LogP contribution in [-0.2, 0) is 0 Å². The Labute approximate surface area is 68.8 Å². The van der Waals surface area contributed by atoms with E-state index >= 15 is 0 Å². The minimum atomic E-state index is -0.00762. The first-order valence-electron chi connectivity index (χ1n) is 4.71. The fourth-order valence-corrected chi connectivity index (χ4v) is 3.12. The molecule has 0 radical (unpaired) electrons. The molecular weight excluding hydrogens is 136 g/mol. The Morgan fingerprint density at radius 2 is 1.91 bits per heavy atom. The third-order valence-electron chi connectivity index (χ3n) is 4.31. The molecule has 0 heterocycles. The first-order chi connectivity index (χ1) is 5.03. The van der Waals surface area contributed by atoms with E-state index in [0.29, 0.717) is 11.3 Å². The van der Waals surface area contributed by atoms with Crippen molar-refractivity contribution >= 4 is 0 Å². The Bertz CT molecular complexity index is 174. The Kier molecular flexibility index (Phi) is 1.39. The van der Waals surface area contributed by atoms with Crippen LogP contribution < -0.4 is 0 Å². The summed E-state index contributed by atoms with van der Waals surface area (Å²) in [6.45, 7) is 6.91. The van der Waals surface area contributed by atoms with Crippen molar-refractivity contribution in [2.24, 2.45) is 23.2 Å². The van der Waals surface area contributed by atoms with Gasteiger partial charge in [-0.25, -0.2) is 0 Å². The second-order valence-electron chi connectivity index (χ2n) is 5.02. The molecule has 4 atom stereocenters. The average molecular weight is 154 g/mol. The SMILES string of the molecule is C[C@H]1C2CC(C[C@H]1O)C2(C)C. The predicted molar refractivity (Wildman–Crippen MR) is 45.2 cm³/mol. The highest BCUT2D eigenvalue weighted by molar-refractivity contribution is 5.04. The molecule has 2 unspecified atom stereocenters. The monoisotopic (exact) mass is 154 g/mol. The number of aliphatic hydroxyl groups excluding tert-OH is 1. The van der Waals surface area contributed by atoms with Gasteiger partial charge >= 0.3 is 0 Å². The van der Waals surface area contributed by atoms with Gasteiger partial charge in [-0.1, -0.05) is 20.8 Å². The van der Waals surface area contributed by atoms with Crippen LogP contribution in [0.15, 0.2) is 0 Å². The minimum absolute atomic E-state index is 0.00762. The fraction of sp³-hybridized carbons (Fsp3) is 1.00. The maximum absolute atomic E-state index is 9.61. The molecule has 3 fully saturated rings. The van der Waals surface area contributed by atoms with Crippen molar-refractivity contribution < 1.29 is 5.11 Å². The summed E-state index contributed by atoms with van der Waals surface area (Å²) in [4.78, 5) is 0. The second-order valence-corrected chi connectivity index (χ2v) is 5.02. The van der Waals surface area contributed by atoms with Gasteiger partial charge in [-0.2, -0.15) is 0 Å². The smallest absolute Gasteiger partial charge is 0.0571 e. The Morgan fingerprint density at radius 3 is 2.27 bits per heavy atom. The zero-order chi connectivity index (χ0) is 8.22. The number of fused-ring (bicyclic) bond motifs is 2. The van der Waals surface area contributed by atoms with Crippen molar-refractivity contribution in [1.82, 2.24) is 0 Å². The number of rotatable bonds is 0. The molecule has 3 saturated carbocycles. The van der Waals surface area contributed by atoms with Gasteiger partial charge < -0.3 is 5.11 Å². The second kappa shape index (κ2) is 2.01. The average Bonchev–Trinajstić information content (AvgIpc) is 1.93. The van der Waals surface area contributed by atoms with Gasteiger partial charge in [0.2, 0.25) is 0 Å². The molecule has 2 bridgehead atoms. The summed E-state index contributed by atoms with van der Waals surface area (Å²) in [6, 6.07) is 0. The van der Waals surface area contributed by atoms with E-state index in [2.05, 4.69) is 20.8 Å². The first-order valence-corrected chi connectivity index (χ1v) is 4.71. The van der Waals surface area contributed by atoms with Crippen molar-refractivity contribution in [3.05, 3.63) is 0 Å². The van der Waals surface area contributed by atoms with Gasteiger partial charge in [0.05, 0.1) is 6.10 Å². The summed E-state index contributed by atoms with van der Waals surface area (Å²) < 4.78 is 0. The van der Waals surface area contributed by atoms with Crippen molar-refractivity contribution in [1.29, 1.82) is 0 Å². The minimum Gasteiger partial charge on any atom is -0.393 e. The molecule has 3 rings (SSSR count). The third-order valence-corrected chi connectivity index (χ3v) is 4.31. The summed E-state index contributed by atoms with van der Waals surface area (Å²) in [5.74, 6) is 2.13. The Hall–Kier alpha value is -0.0400. The van der Waals surface area contributed by atoms with Crippen LogP contribution >= 0.6 is 0 Å². The molecule has 0 amide bonds. The topological polar surface area (TPSA) is 20.2 Å². The summed E-state index contributed by atoms with van der Waals surface area (Å²) >= 11 is 0. The van der Waals surface area contributed by atoms with E-state index in [1.165, 1.54) is 6.42 Å². The maximum atomic E-state index is 9.61. The van der Waals surface area contributed by atoms with Crippen LogP contribution in [0.3, 0.4) is 0 Å². The predicted octanol–water partition coefficient (Wildman–Crippen LogP) is 2.05. The Morgan fingerprint density at radius 1 is 1.27 bits per heavy atom. The largest absolute Gasteiger partial charge is 0.393 e. The molecular formula is C10H18O. The third kappa shape index (κ3) is 0.807. The normalized spacial score (nSPS) is 53.5. The van der Waals surface area contributed by atoms with Crippen LogP contribution in [0, 0.1) is 23.2 Å². The lowest BCUT2D eigenvalue weighted by molar-refractivity contribution is -0.154. The molecule has 11 heavy (non-hydrogen) atoms. The first kappa shape index (κ1) is 7.60. The van der Waals surface area contributed by atoms with E-state index in [-0.39, 0.29) is 6.10 Å². The van der Waals surface area contributed by atoms with Crippen LogP contribution in [-0.4, -0.2) is 11.2 Å². The lowest BCUT2D eigenvalue weighted by atomic mass is 9.45. The number of hydrogen-bond donors (Lipinski definition) is 1. The molecule has 0 aromatic rings. The number of aliphatic hydroxyl groups is 1. The van der Waals surface area contributed by atoms with Crippen LogP contribution in [0.4, 0.5) is 0 Å². The highest BCUT2D eigenvalue weighted by Crippen LogP contribution is 2.61. The van der Waals surface area contributed by atoms with E-state index in [0.717, 1.165) is 18.3 Å².